The SMILES string of the molecule is CC(C)(O)C(=O)N1CCCC(C(C)(C)C)CC1. The van der Waals surface area contributed by atoms with E-state index in [9.17, 15) is 9.90 Å². The molecule has 1 heterocycles. The number of aliphatic hydroxyl groups is 1. The first-order valence-electron chi connectivity index (χ1n) is 6.64. The predicted molar refractivity (Wildman–Crippen MR) is 69.7 cm³/mol. The number of hydrogen-bond acceptors (Lipinski definition) is 2. The Morgan fingerprint density at radius 2 is 1.71 bits per heavy atom. The molecule has 1 rings (SSSR count). The lowest BCUT2D eigenvalue weighted by Crippen LogP contribution is -2.45. The molecule has 0 radical (unpaired) electrons. The molecule has 0 spiro atoms. The number of likely N-dealkylation sites (tertiary alicyclic amines) is 1. The van der Waals surface area contributed by atoms with E-state index in [1.165, 1.54) is 6.42 Å². The minimum atomic E-state index is -1.23. The third-order valence-corrected chi connectivity index (χ3v) is 3.76. The summed E-state index contributed by atoms with van der Waals surface area (Å²) in [6.45, 7) is 11.5. The maximum absolute atomic E-state index is 12.0. The fraction of sp³-hybridized carbons (Fsp3) is 0.929. The summed E-state index contributed by atoms with van der Waals surface area (Å²) >= 11 is 0. The number of carbonyl (C=O) groups excluding carboxylic acids is 1. The van der Waals surface area contributed by atoms with E-state index >= 15 is 0 Å². The molecule has 1 saturated heterocycles. The van der Waals surface area contributed by atoms with Gasteiger partial charge in [0.1, 0.15) is 5.60 Å². The average molecular weight is 241 g/mol. The van der Waals surface area contributed by atoms with E-state index in [4.69, 9.17) is 0 Å². The van der Waals surface area contributed by atoms with Crippen molar-refractivity contribution in [2.45, 2.75) is 59.5 Å². The van der Waals surface area contributed by atoms with Crippen molar-refractivity contribution < 1.29 is 9.90 Å². The molecule has 0 aliphatic carbocycles. The van der Waals surface area contributed by atoms with E-state index in [0.29, 0.717) is 11.3 Å². The number of rotatable bonds is 1. The molecule has 3 heteroatoms. The van der Waals surface area contributed by atoms with Crippen LogP contribution in [0.2, 0.25) is 0 Å². The Kier molecular flexibility index (Phi) is 4.23. The van der Waals surface area contributed by atoms with Gasteiger partial charge in [-0.25, -0.2) is 0 Å². The summed E-state index contributed by atoms with van der Waals surface area (Å²) in [6.07, 6.45) is 3.27. The highest BCUT2D eigenvalue weighted by atomic mass is 16.3. The minimum absolute atomic E-state index is 0.132. The molecule has 0 aromatic rings. The summed E-state index contributed by atoms with van der Waals surface area (Å²) in [6, 6.07) is 0. The van der Waals surface area contributed by atoms with Crippen molar-refractivity contribution in [3.05, 3.63) is 0 Å². The zero-order valence-electron chi connectivity index (χ0n) is 11.9. The van der Waals surface area contributed by atoms with Gasteiger partial charge in [-0.05, 0) is 44.4 Å². The van der Waals surface area contributed by atoms with Crippen LogP contribution in [0.4, 0.5) is 0 Å². The Hall–Kier alpha value is -0.570. The molecule has 0 bridgehead atoms. The van der Waals surface area contributed by atoms with E-state index in [2.05, 4.69) is 20.8 Å². The summed E-state index contributed by atoms with van der Waals surface area (Å²) in [5, 5.41) is 9.76. The van der Waals surface area contributed by atoms with Crippen LogP contribution in [0.1, 0.15) is 53.9 Å². The average Bonchev–Trinajstić information content (AvgIpc) is 2.38. The molecule has 100 valence electrons. The highest BCUT2D eigenvalue weighted by molar-refractivity contribution is 5.84. The summed E-state index contributed by atoms with van der Waals surface area (Å²) < 4.78 is 0. The molecule has 1 aliphatic rings. The highest BCUT2D eigenvalue weighted by Crippen LogP contribution is 2.34. The van der Waals surface area contributed by atoms with Crippen molar-refractivity contribution in [2.75, 3.05) is 13.1 Å². The zero-order valence-corrected chi connectivity index (χ0v) is 11.9. The van der Waals surface area contributed by atoms with Crippen molar-refractivity contribution in [3.8, 4) is 0 Å². The lowest BCUT2D eigenvalue weighted by molar-refractivity contribution is -0.147. The molecular formula is C14H27NO2. The molecule has 1 N–H and O–H groups in total. The van der Waals surface area contributed by atoms with Crippen LogP contribution in [0, 0.1) is 11.3 Å². The smallest absolute Gasteiger partial charge is 0.253 e. The summed E-state index contributed by atoms with van der Waals surface area (Å²) in [4.78, 5) is 13.8. The number of nitrogens with zero attached hydrogens (tertiary/aromatic N) is 1. The van der Waals surface area contributed by atoms with Crippen molar-refractivity contribution in [2.24, 2.45) is 11.3 Å². The Bertz CT molecular complexity index is 273. The zero-order chi connectivity index (χ0) is 13.3. The van der Waals surface area contributed by atoms with Gasteiger partial charge in [-0.15, -0.1) is 0 Å². The van der Waals surface area contributed by atoms with Crippen molar-refractivity contribution >= 4 is 5.91 Å². The molecule has 1 fully saturated rings. The standard InChI is InChI=1S/C14H27NO2/c1-13(2,3)11-7-6-9-15(10-8-11)12(16)14(4,5)17/h11,17H,6-10H2,1-5H3. The van der Waals surface area contributed by atoms with Crippen LogP contribution >= 0.6 is 0 Å². The first-order valence-corrected chi connectivity index (χ1v) is 6.64. The second-order valence-electron chi connectivity index (χ2n) is 6.85. The van der Waals surface area contributed by atoms with E-state index in [0.717, 1.165) is 25.9 Å². The largest absolute Gasteiger partial charge is 0.381 e. The van der Waals surface area contributed by atoms with Crippen LogP contribution in [0.25, 0.3) is 0 Å². The first-order chi connectivity index (χ1) is 7.62. The number of hydrogen-bond donors (Lipinski definition) is 1. The van der Waals surface area contributed by atoms with Crippen molar-refractivity contribution in [1.29, 1.82) is 0 Å². The Morgan fingerprint density at radius 1 is 1.12 bits per heavy atom. The second kappa shape index (κ2) is 4.97. The fourth-order valence-corrected chi connectivity index (χ4v) is 2.55. The van der Waals surface area contributed by atoms with Gasteiger partial charge in [0, 0.05) is 13.1 Å². The van der Waals surface area contributed by atoms with Gasteiger partial charge in [0.25, 0.3) is 5.91 Å². The number of carbonyl (C=O) groups is 1. The Morgan fingerprint density at radius 3 is 2.18 bits per heavy atom. The number of amides is 1. The molecular weight excluding hydrogens is 214 g/mol. The van der Waals surface area contributed by atoms with Crippen LogP contribution in [0.15, 0.2) is 0 Å². The maximum atomic E-state index is 12.0. The van der Waals surface area contributed by atoms with Gasteiger partial charge in [0.15, 0.2) is 0 Å². The molecule has 1 atom stereocenters. The molecule has 1 amide bonds. The van der Waals surface area contributed by atoms with Gasteiger partial charge >= 0.3 is 0 Å². The Labute approximate surface area is 105 Å². The minimum Gasteiger partial charge on any atom is -0.381 e. The Balaban J connectivity index is 2.63. The van der Waals surface area contributed by atoms with Crippen molar-refractivity contribution in [3.63, 3.8) is 0 Å². The topological polar surface area (TPSA) is 40.5 Å². The van der Waals surface area contributed by atoms with Gasteiger partial charge in [0.05, 0.1) is 0 Å². The van der Waals surface area contributed by atoms with E-state index in [1.807, 2.05) is 4.90 Å². The molecule has 0 aromatic carbocycles. The third kappa shape index (κ3) is 3.98. The van der Waals surface area contributed by atoms with Crippen LogP contribution in [-0.4, -0.2) is 34.6 Å². The lowest BCUT2D eigenvalue weighted by atomic mass is 9.77. The molecule has 3 nitrogen and oxygen atoms in total. The molecule has 1 unspecified atom stereocenters. The quantitative estimate of drug-likeness (QED) is 0.766. The normalized spacial score (nSPS) is 23.4. The second-order valence-corrected chi connectivity index (χ2v) is 6.85. The predicted octanol–water partition coefficient (Wildman–Crippen LogP) is 2.43. The molecule has 0 saturated carbocycles. The summed E-state index contributed by atoms with van der Waals surface area (Å²) in [7, 11) is 0. The fourth-order valence-electron chi connectivity index (χ4n) is 2.55. The van der Waals surface area contributed by atoms with Crippen LogP contribution in [0.5, 0.6) is 0 Å². The van der Waals surface area contributed by atoms with E-state index in [1.54, 1.807) is 13.8 Å². The van der Waals surface area contributed by atoms with Gasteiger partial charge in [-0.1, -0.05) is 20.8 Å². The summed E-state index contributed by atoms with van der Waals surface area (Å²) in [5.41, 5.74) is -0.921. The van der Waals surface area contributed by atoms with Gasteiger partial charge in [-0.2, -0.15) is 0 Å². The third-order valence-electron chi connectivity index (χ3n) is 3.76. The monoisotopic (exact) mass is 241 g/mol. The molecule has 0 aromatic heterocycles. The van der Waals surface area contributed by atoms with Crippen molar-refractivity contribution in [1.82, 2.24) is 4.90 Å². The first kappa shape index (κ1) is 14.5. The lowest BCUT2D eigenvalue weighted by Gasteiger charge is -2.30. The van der Waals surface area contributed by atoms with E-state index in [-0.39, 0.29) is 5.91 Å². The van der Waals surface area contributed by atoms with Gasteiger partial charge < -0.3 is 10.0 Å². The van der Waals surface area contributed by atoms with Crippen LogP contribution < -0.4 is 0 Å². The van der Waals surface area contributed by atoms with E-state index < -0.39 is 5.60 Å². The van der Waals surface area contributed by atoms with Crippen LogP contribution in [0.3, 0.4) is 0 Å². The van der Waals surface area contributed by atoms with Gasteiger partial charge in [-0.3, -0.25) is 4.79 Å². The molecule has 17 heavy (non-hydrogen) atoms. The van der Waals surface area contributed by atoms with Crippen LogP contribution in [-0.2, 0) is 4.79 Å². The maximum Gasteiger partial charge on any atom is 0.253 e. The molecule has 1 aliphatic heterocycles. The highest BCUT2D eigenvalue weighted by Gasteiger charge is 2.33. The van der Waals surface area contributed by atoms with Gasteiger partial charge in [0.2, 0.25) is 0 Å². The summed E-state index contributed by atoms with van der Waals surface area (Å²) in [5.74, 6) is 0.536.